The highest BCUT2D eigenvalue weighted by Gasteiger charge is 2.13. The molecule has 3 rings (SSSR count). The minimum absolute atomic E-state index is 1.02. The molecule has 0 saturated carbocycles. The molecule has 13 heavy (non-hydrogen) atoms. The number of pyridine rings is 1. The van der Waals surface area contributed by atoms with Crippen LogP contribution in [0.4, 0.5) is 0 Å². The number of fused-ring (bicyclic) bond motifs is 3. The molecule has 0 saturated heterocycles. The van der Waals surface area contributed by atoms with E-state index in [0.717, 1.165) is 36.2 Å². The molecule has 0 fully saturated rings. The fourth-order valence-corrected chi connectivity index (χ4v) is 1.76. The lowest BCUT2D eigenvalue weighted by Gasteiger charge is -2.16. The van der Waals surface area contributed by atoms with Gasteiger partial charge in [0.15, 0.2) is 0 Å². The molecule has 0 radical (unpaired) electrons. The van der Waals surface area contributed by atoms with E-state index in [0.29, 0.717) is 0 Å². The topological polar surface area (TPSA) is 42.7 Å². The van der Waals surface area contributed by atoms with Gasteiger partial charge < -0.3 is 5.43 Å². The minimum atomic E-state index is 1.02. The largest absolute Gasteiger partial charge is 0.324 e. The van der Waals surface area contributed by atoms with Gasteiger partial charge in [-0.3, -0.25) is 4.98 Å². The second-order valence-corrected chi connectivity index (χ2v) is 3.24. The number of aromatic nitrogens is 3. The van der Waals surface area contributed by atoms with Gasteiger partial charge in [0.05, 0.1) is 11.7 Å². The molecule has 0 aliphatic carbocycles. The molecular formula is C9H10N4. The van der Waals surface area contributed by atoms with E-state index in [2.05, 4.69) is 15.4 Å². The first-order valence-corrected chi connectivity index (χ1v) is 4.50. The molecule has 3 heterocycles. The van der Waals surface area contributed by atoms with E-state index in [-0.39, 0.29) is 0 Å². The molecule has 2 aromatic heterocycles. The van der Waals surface area contributed by atoms with Crippen LogP contribution in [0.15, 0.2) is 18.5 Å². The van der Waals surface area contributed by atoms with Gasteiger partial charge in [-0.15, -0.1) is 0 Å². The molecule has 2 aromatic rings. The van der Waals surface area contributed by atoms with Crippen LogP contribution in [0.2, 0.25) is 0 Å². The van der Waals surface area contributed by atoms with Gasteiger partial charge in [-0.2, -0.15) is 0 Å². The summed E-state index contributed by atoms with van der Waals surface area (Å²) in [5, 5.41) is 0. The molecule has 0 aromatic carbocycles. The molecule has 0 atom stereocenters. The Labute approximate surface area is 75.6 Å². The van der Waals surface area contributed by atoms with Crippen molar-refractivity contribution in [2.24, 2.45) is 0 Å². The Hall–Kier alpha value is -1.58. The van der Waals surface area contributed by atoms with Crippen molar-refractivity contribution in [1.82, 2.24) is 14.6 Å². The summed E-state index contributed by atoms with van der Waals surface area (Å²) in [4.78, 5) is 8.61. The summed E-state index contributed by atoms with van der Waals surface area (Å²) < 4.78 is 2.05. The van der Waals surface area contributed by atoms with Crippen molar-refractivity contribution < 1.29 is 0 Å². The average Bonchev–Trinajstić information content (AvgIpc) is 2.56. The van der Waals surface area contributed by atoms with Crippen molar-refractivity contribution in [1.29, 1.82) is 0 Å². The van der Waals surface area contributed by atoms with Gasteiger partial charge in [0.25, 0.3) is 0 Å². The molecule has 0 amide bonds. The third kappa shape index (κ3) is 0.915. The number of aryl methyl sites for hydroxylation is 1. The van der Waals surface area contributed by atoms with E-state index in [9.17, 15) is 0 Å². The van der Waals surface area contributed by atoms with Crippen LogP contribution in [0.1, 0.15) is 12.2 Å². The molecule has 4 nitrogen and oxygen atoms in total. The first-order valence-electron chi connectivity index (χ1n) is 4.50. The lowest BCUT2D eigenvalue weighted by molar-refractivity contribution is 0.659. The van der Waals surface area contributed by atoms with Gasteiger partial charge in [0.1, 0.15) is 11.3 Å². The van der Waals surface area contributed by atoms with Crippen molar-refractivity contribution in [2.45, 2.75) is 12.8 Å². The second-order valence-electron chi connectivity index (χ2n) is 3.24. The predicted octanol–water partition coefficient (Wildman–Crippen LogP) is 0.921. The van der Waals surface area contributed by atoms with Gasteiger partial charge in [0.2, 0.25) is 0 Å². The standard InChI is InChI=1S/C9H10N4/c1-2-9-12-7-3-5-10-6-8(7)13(9)11-4-1/h3,5-6,11H,1-2,4H2. The Morgan fingerprint density at radius 1 is 1.46 bits per heavy atom. The van der Waals surface area contributed by atoms with Crippen LogP contribution < -0.4 is 5.43 Å². The molecule has 1 N–H and O–H groups in total. The third-order valence-corrected chi connectivity index (χ3v) is 2.37. The second kappa shape index (κ2) is 2.45. The van der Waals surface area contributed by atoms with Crippen LogP contribution in [-0.2, 0) is 6.42 Å². The molecule has 1 aliphatic rings. The monoisotopic (exact) mass is 174 g/mol. The molecular weight excluding hydrogens is 164 g/mol. The maximum atomic E-state index is 4.51. The van der Waals surface area contributed by atoms with Crippen LogP contribution in [0, 0.1) is 0 Å². The van der Waals surface area contributed by atoms with Crippen molar-refractivity contribution >= 4 is 11.0 Å². The fourth-order valence-electron chi connectivity index (χ4n) is 1.76. The summed E-state index contributed by atoms with van der Waals surface area (Å²) >= 11 is 0. The highest BCUT2D eigenvalue weighted by atomic mass is 15.4. The van der Waals surface area contributed by atoms with E-state index in [1.807, 2.05) is 16.9 Å². The first kappa shape index (κ1) is 6.88. The average molecular weight is 174 g/mol. The van der Waals surface area contributed by atoms with Gasteiger partial charge in [-0.1, -0.05) is 0 Å². The highest BCUT2D eigenvalue weighted by molar-refractivity contribution is 5.75. The Morgan fingerprint density at radius 2 is 2.46 bits per heavy atom. The normalized spacial score (nSPS) is 15.4. The smallest absolute Gasteiger partial charge is 0.128 e. The summed E-state index contributed by atoms with van der Waals surface area (Å²) in [5.74, 6) is 1.12. The molecule has 66 valence electrons. The zero-order valence-corrected chi connectivity index (χ0v) is 7.20. The minimum Gasteiger partial charge on any atom is -0.324 e. The van der Waals surface area contributed by atoms with Crippen molar-refractivity contribution in [3.63, 3.8) is 0 Å². The number of imidazole rings is 1. The van der Waals surface area contributed by atoms with E-state index < -0.39 is 0 Å². The molecule has 0 unspecified atom stereocenters. The van der Waals surface area contributed by atoms with Crippen LogP contribution in [0.3, 0.4) is 0 Å². The summed E-state index contributed by atoms with van der Waals surface area (Å²) in [7, 11) is 0. The number of hydrogen-bond acceptors (Lipinski definition) is 3. The van der Waals surface area contributed by atoms with Crippen LogP contribution in [0.25, 0.3) is 11.0 Å². The maximum absolute atomic E-state index is 4.51. The van der Waals surface area contributed by atoms with Crippen LogP contribution in [-0.4, -0.2) is 21.2 Å². The Balaban J connectivity index is 2.34. The number of rotatable bonds is 0. The van der Waals surface area contributed by atoms with E-state index >= 15 is 0 Å². The quantitative estimate of drug-likeness (QED) is 0.645. The fraction of sp³-hybridized carbons (Fsp3) is 0.333. The Morgan fingerprint density at radius 3 is 3.46 bits per heavy atom. The molecule has 0 spiro atoms. The van der Waals surface area contributed by atoms with Crippen LogP contribution in [0.5, 0.6) is 0 Å². The van der Waals surface area contributed by atoms with Gasteiger partial charge in [-0.05, 0) is 12.5 Å². The number of nitrogens with zero attached hydrogens (tertiary/aromatic N) is 3. The van der Waals surface area contributed by atoms with E-state index in [1.165, 1.54) is 0 Å². The van der Waals surface area contributed by atoms with Crippen molar-refractivity contribution in [3.05, 3.63) is 24.3 Å². The lowest BCUT2D eigenvalue weighted by atomic mass is 10.3. The van der Waals surface area contributed by atoms with Crippen molar-refractivity contribution in [2.75, 3.05) is 12.0 Å². The molecule has 4 heteroatoms. The number of nitrogens with one attached hydrogen (secondary N) is 1. The van der Waals surface area contributed by atoms with Gasteiger partial charge in [-0.25, -0.2) is 9.66 Å². The highest BCUT2D eigenvalue weighted by Crippen LogP contribution is 2.16. The maximum Gasteiger partial charge on any atom is 0.128 e. The van der Waals surface area contributed by atoms with Gasteiger partial charge >= 0.3 is 0 Å². The predicted molar refractivity (Wildman–Crippen MR) is 50.1 cm³/mol. The number of hydrogen-bond donors (Lipinski definition) is 1. The summed E-state index contributed by atoms with van der Waals surface area (Å²) in [6.07, 6.45) is 5.85. The van der Waals surface area contributed by atoms with Gasteiger partial charge in [0, 0.05) is 19.2 Å². The summed E-state index contributed by atoms with van der Waals surface area (Å²) in [6.45, 7) is 1.02. The summed E-state index contributed by atoms with van der Waals surface area (Å²) in [5.41, 5.74) is 5.41. The van der Waals surface area contributed by atoms with Crippen molar-refractivity contribution in [3.8, 4) is 0 Å². The molecule has 1 aliphatic heterocycles. The molecule has 0 bridgehead atoms. The Kier molecular flexibility index (Phi) is 1.30. The third-order valence-electron chi connectivity index (χ3n) is 2.37. The zero-order chi connectivity index (χ0) is 8.67. The van der Waals surface area contributed by atoms with Crippen LogP contribution >= 0.6 is 0 Å². The zero-order valence-electron chi connectivity index (χ0n) is 7.20. The summed E-state index contributed by atoms with van der Waals surface area (Å²) in [6, 6.07) is 1.95. The van der Waals surface area contributed by atoms with E-state index in [1.54, 1.807) is 6.20 Å². The lowest BCUT2D eigenvalue weighted by Crippen LogP contribution is -2.24. The Bertz CT molecular complexity index is 446. The first-order chi connectivity index (χ1) is 6.45. The van der Waals surface area contributed by atoms with E-state index in [4.69, 9.17) is 0 Å². The SMILES string of the molecule is c1cc2nc3n(c2cn1)NCCC3.